The van der Waals surface area contributed by atoms with Crippen molar-refractivity contribution in [2.75, 3.05) is 26.7 Å². The van der Waals surface area contributed by atoms with Gasteiger partial charge in [0.2, 0.25) is 5.88 Å². The second-order valence-electron chi connectivity index (χ2n) is 5.08. The Kier molecular flexibility index (Phi) is 5.35. The third kappa shape index (κ3) is 3.48. The van der Waals surface area contributed by atoms with Gasteiger partial charge in [-0.15, -0.1) is 0 Å². The molecule has 1 amide bonds. The number of likely N-dealkylation sites (tertiary alicyclic amines) is 1. The molecule has 0 aromatic carbocycles. The summed E-state index contributed by atoms with van der Waals surface area (Å²) in [5.74, 6) is 0.256. The van der Waals surface area contributed by atoms with E-state index in [4.69, 9.17) is 4.74 Å². The van der Waals surface area contributed by atoms with Crippen LogP contribution in [0.25, 0.3) is 0 Å². The van der Waals surface area contributed by atoms with Crippen LogP contribution in [0.1, 0.15) is 36.5 Å². The zero-order valence-electron chi connectivity index (χ0n) is 12.3. The molecule has 1 aromatic heterocycles. The van der Waals surface area contributed by atoms with Crippen LogP contribution < -0.4 is 10.1 Å². The summed E-state index contributed by atoms with van der Waals surface area (Å²) >= 11 is 0. The minimum absolute atomic E-state index is 0.118. The molecule has 0 spiro atoms. The maximum atomic E-state index is 12.2. The fourth-order valence-corrected chi connectivity index (χ4v) is 2.67. The quantitative estimate of drug-likeness (QED) is 0.860. The van der Waals surface area contributed by atoms with Crippen LogP contribution in [0.3, 0.4) is 0 Å². The first-order valence-corrected chi connectivity index (χ1v) is 7.27. The third-order valence-electron chi connectivity index (χ3n) is 3.84. The number of hydrogen-bond donors (Lipinski definition) is 1. The van der Waals surface area contributed by atoms with Crippen LogP contribution in [-0.2, 0) is 0 Å². The Bertz CT molecular complexity index is 444. The monoisotopic (exact) mass is 277 g/mol. The van der Waals surface area contributed by atoms with Crippen molar-refractivity contribution >= 4 is 5.91 Å². The summed E-state index contributed by atoms with van der Waals surface area (Å²) in [6.45, 7) is 5.13. The van der Waals surface area contributed by atoms with Crippen molar-refractivity contribution in [3.05, 3.63) is 23.9 Å². The number of carbonyl (C=O) groups excluding carboxylic acids is 1. The zero-order chi connectivity index (χ0) is 14.4. The molecule has 1 aliphatic rings. The fraction of sp³-hybridized carbons (Fsp3) is 0.600. The molecule has 0 radical (unpaired) electrons. The van der Waals surface area contributed by atoms with E-state index < -0.39 is 0 Å². The van der Waals surface area contributed by atoms with Gasteiger partial charge in [0, 0.05) is 18.8 Å². The van der Waals surface area contributed by atoms with Gasteiger partial charge in [-0.1, -0.05) is 6.92 Å². The predicted octanol–water partition coefficient (Wildman–Crippen LogP) is 1.69. The first-order valence-electron chi connectivity index (χ1n) is 7.27. The molecule has 110 valence electrons. The van der Waals surface area contributed by atoms with Crippen molar-refractivity contribution in [3.63, 3.8) is 0 Å². The highest BCUT2D eigenvalue weighted by Gasteiger charge is 2.21. The number of amides is 1. The number of hydrogen-bond acceptors (Lipinski definition) is 4. The van der Waals surface area contributed by atoms with E-state index >= 15 is 0 Å². The summed E-state index contributed by atoms with van der Waals surface area (Å²) in [5.41, 5.74) is 0.492. The maximum Gasteiger partial charge on any atom is 0.256 e. The SMILES string of the molecule is CC[C@H](CNC(=O)c1cccnc1OC)N1CCCC1. The number of ether oxygens (including phenoxy) is 1. The Labute approximate surface area is 120 Å². The molecule has 1 atom stereocenters. The van der Waals surface area contributed by atoms with Crippen LogP contribution >= 0.6 is 0 Å². The Morgan fingerprint density at radius 2 is 2.25 bits per heavy atom. The molecule has 0 unspecified atom stereocenters. The van der Waals surface area contributed by atoms with E-state index in [2.05, 4.69) is 22.1 Å². The van der Waals surface area contributed by atoms with Crippen molar-refractivity contribution in [2.24, 2.45) is 0 Å². The van der Waals surface area contributed by atoms with E-state index in [0.29, 0.717) is 24.0 Å². The second kappa shape index (κ2) is 7.24. The molecule has 2 rings (SSSR count). The number of carbonyl (C=O) groups is 1. The van der Waals surface area contributed by atoms with Crippen molar-refractivity contribution in [2.45, 2.75) is 32.2 Å². The molecule has 1 saturated heterocycles. The van der Waals surface area contributed by atoms with Gasteiger partial charge in [0.15, 0.2) is 0 Å². The molecular formula is C15H23N3O2. The molecule has 0 aliphatic carbocycles. The fourth-order valence-electron chi connectivity index (χ4n) is 2.67. The topological polar surface area (TPSA) is 54.5 Å². The van der Waals surface area contributed by atoms with Crippen LogP contribution in [0, 0.1) is 0 Å². The van der Waals surface area contributed by atoms with Crippen molar-refractivity contribution in [3.8, 4) is 5.88 Å². The van der Waals surface area contributed by atoms with Crippen LogP contribution in [0.4, 0.5) is 0 Å². The lowest BCUT2D eigenvalue weighted by atomic mass is 10.2. The van der Waals surface area contributed by atoms with Crippen molar-refractivity contribution in [1.29, 1.82) is 0 Å². The van der Waals surface area contributed by atoms with E-state index in [1.807, 2.05) is 0 Å². The molecule has 1 aromatic rings. The number of aromatic nitrogens is 1. The van der Waals surface area contributed by atoms with Gasteiger partial charge in [0.1, 0.15) is 5.56 Å². The molecule has 20 heavy (non-hydrogen) atoms. The number of nitrogens with zero attached hydrogens (tertiary/aromatic N) is 2. The van der Waals surface area contributed by atoms with Crippen molar-refractivity contribution in [1.82, 2.24) is 15.2 Å². The lowest BCUT2D eigenvalue weighted by Gasteiger charge is -2.26. The molecule has 5 nitrogen and oxygen atoms in total. The predicted molar refractivity (Wildman–Crippen MR) is 78.0 cm³/mol. The number of rotatable bonds is 6. The molecule has 1 N–H and O–H groups in total. The van der Waals surface area contributed by atoms with Gasteiger partial charge in [-0.3, -0.25) is 9.69 Å². The van der Waals surface area contributed by atoms with Gasteiger partial charge >= 0.3 is 0 Å². The van der Waals surface area contributed by atoms with Gasteiger partial charge in [0.05, 0.1) is 7.11 Å². The lowest BCUT2D eigenvalue weighted by molar-refractivity contribution is 0.0933. The highest BCUT2D eigenvalue weighted by Crippen LogP contribution is 2.15. The summed E-state index contributed by atoms with van der Waals surface area (Å²) < 4.78 is 5.12. The Hall–Kier alpha value is -1.62. The Balaban J connectivity index is 1.93. The van der Waals surface area contributed by atoms with Crippen molar-refractivity contribution < 1.29 is 9.53 Å². The summed E-state index contributed by atoms with van der Waals surface area (Å²) in [5, 5.41) is 3.00. The van der Waals surface area contributed by atoms with Crippen LogP contribution in [-0.4, -0.2) is 48.6 Å². The van der Waals surface area contributed by atoms with E-state index in [9.17, 15) is 4.79 Å². The van der Waals surface area contributed by atoms with Gasteiger partial charge in [-0.05, 0) is 44.5 Å². The molecule has 0 saturated carbocycles. The highest BCUT2D eigenvalue weighted by molar-refractivity contribution is 5.96. The molecule has 5 heteroatoms. The summed E-state index contributed by atoms with van der Waals surface area (Å²) in [4.78, 5) is 18.7. The van der Waals surface area contributed by atoms with Crippen LogP contribution in [0.5, 0.6) is 5.88 Å². The zero-order valence-corrected chi connectivity index (χ0v) is 12.3. The van der Waals surface area contributed by atoms with Gasteiger partial charge in [-0.2, -0.15) is 0 Å². The van der Waals surface area contributed by atoms with E-state index in [1.54, 1.807) is 18.3 Å². The molecule has 0 bridgehead atoms. The summed E-state index contributed by atoms with van der Waals surface area (Å²) in [6.07, 6.45) is 5.20. The largest absolute Gasteiger partial charge is 0.480 e. The standard InChI is InChI=1S/C15H23N3O2/c1-3-12(18-9-4-5-10-18)11-17-14(19)13-7-6-8-16-15(13)20-2/h6-8,12H,3-5,9-11H2,1-2H3,(H,17,19)/t12-/m1/s1. The van der Waals surface area contributed by atoms with Gasteiger partial charge in [-0.25, -0.2) is 4.98 Å². The number of pyridine rings is 1. The number of nitrogens with one attached hydrogen (secondary N) is 1. The molecule has 1 aliphatic heterocycles. The third-order valence-corrected chi connectivity index (χ3v) is 3.84. The van der Waals surface area contributed by atoms with Gasteiger partial charge < -0.3 is 10.1 Å². The minimum atomic E-state index is -0.118. The Morgan fingerprint density at radius 1 is 1.50 bits per heavy atom. The second-order valence-corrected chi connectivity index (χ2v) is 5.08. The molecular weight excluding hydrogens is 254 g/mol. The maximum absolute atomic E-state index is 12.2. The number of methoxy groups -OCH3 is 1. The van der Waals surface area contributed by atoms with Gasteiger partial charge in [0.25, 0.3) is 5.91 Å². The lowest BCUT2D eigenvalue weighted by Crippen LogP contribution is -2.42. The van der Waals surface area contributed by atoms with E-state index in [-0.39, 0.29) is 5.91 Å². The van der Waals surface area contributed by atoms with Crippen LogP contribution in [0.2, 0.25) is 0 Å². The van der Waals surface area contributed by atoms with Crippen LogP contribution in [0.15, 0.2) is 18.3 Å². The Morgan fingerprint density at radius 3 is 2.90 bits per heavy atom. The minimum Gasteiger partial charge on any atom is -0.480 e. The smallest absolute Gasteiger partial charge is 0.256 e. The normalized spacial score (nSPS) is 16.9. The highest BCUT2D eigenvalue weighted by atomic mass is 16.5. The average molecular weight is 277 g/mol. The van der Waals surface area contributed by atoms with E-state index in [1.165, 1.54) is 20.0 Å². The molecule has 2 heterocycles. The average Bonchev–Trinajstić information content (AvgIpc) is 3.02. The first-order chi connectivity index (χ1) is 9.76. The summed E-state index contributed by atoms with van der Waals surface area (Å²) in [7, 11) is 1.53. The molecule has 1 fully saturated rings. The summed E-state index contributed by atoms with van der Waals surface area (Å²) in [6, 6.07) is 3.90. The van der Waals surface area contributed by atoms with E-state index in [0.717, 1.165) is 19.5 Å². The first kappa shape index (κ1) is 14.8.